The van der Waals surface area contributed by atoms with Gasteiger partial charge in [-0.1, -0.05) is 66.7 Å². The first-order valence-electron chi connectivity index (χ1n) is 12.1. The Morgan fingerprint density at radius 3 is 2.26 bits per heavy atom. The number of nitrogens with one attached hydrogen (secondary N) is 1. The molecule has 2 aliphatic heterocycles. The van der Waals surface area contributed by atoms with E-state index in [0.717, 1.165) is 16.0 Å². The van der Waals surface area contributed by atoms with E-state index in [4.69, 9.17) is 15.2 Å². The molecule has 1 aromatic heterocycles. The summed E-state index contributed by atoms with van der Waals surface area (Å²) in [6, 6.07) is 21.4. The third-order valence-corrected chi connectivity index (χ3v) is 8.51. The molecule has 2 aliphatic rings. The lowest BCUT2D eigenvalue weighted by atomic mass is 10.0. The summed E-state index contributed by atoms with van der Waals surface area (Å²) in [5.41, 5.74) is 7.08. The number of hydrogen-bond donors (Lipinski definition) is 2. The number of esters is 1. The highest BCUT2D eigenvalue weighted by molar-refractivity contribution is 8.00. The first-order valence-corrected chi connectivity index (χ1v) is 14.1. The number of ether oxygens (including phenoxy) is 2. The Morgan fingerprint density at radius 1 is 1.00 bits per heavy atom. The van der Waals surface area contributed by atoms with Crippen molar-refractivity contribution >= 4 is 47.0 Å². The first kappa shape index (κ1) is 26.5. The fourth-order valence-corrected chi connectivity index (χ4v) is 6.51. The summed E-state index contributed by atoms with van der Waals surface area (Å²) in [5, 5.41) is 4.17. The number of amides is 3. The van der Waals surface area contributed by atoms with Crippen LogP contribution in [-0.4, -0.2) is 52.6 Å². The Kier molecular flexibility index (Phi) is 7.99. The van der Waals surface area contributed by atoms with Gasteiger partial charge in [-0.05, 0) is 22.6 Å². The summed E-state index contributed by atoms with van der Waals surface area (Å²) >= 11 is 2.82. The topological polar surface area (TPSA) is 128 Å². The van der Waals surface area contributed by atoms with Crippen LogP contribution in [0, 0.1) is 0 Å². The average molecular weight is 564 g/mol. The van der Waals surface area contributed by atoms with Crippen molar-refractivity contribution in [2.24, 2.45) is 5.73 Å². The summed E-state index contributed by atoms with van der Waals surface area (Å²) in [4.78, 5) is 53.1. The number of primary amides is 1. The van der Waals surface area contributed by atoms with Gasteiger partial charge in [0.25, 0.3) is 5.91 Å². The standard InChI is InChI=1S/C28H25N3O6S2/c29-28(35)36-15-19-16-39-26-22(30-21(32)14-20-12-7-13-38-20)25(33)31(26)23(19)27(34)37-24(17-8-3-1-4-9-17)18-10-5-2-6-11-18/h1-13,22,24,26H,14-16H2,(H2,29,35)(H,30,32)/t22-,26-/m1/s1. The van der Waals surface area contributed by atoms with Crippen LogP contribution in [0.3, 0.4) is 0 Å². The molecule has 0 spiro atoms. The van der Waals surface area contributed by atoms with E-state index in [1.54, 1.807) is 0 Å². The van der Waals surface area contributed by atoms with Crippen LogP contribution in [0.2, 0.25) is 0 Å². The van der Waals surface area contributed by atoms with Crippen molar-refractivity contribution in [3.05, 3.63) is 105 Å². The molecule has 1 fully saturated rings. The lowest BCUT2D eigenvalue weighted by Gasteiger charge is -2.49. The van der Waals surface area contributed by atoms with Gasteiger partial charge in [0.05, 0.1) is 6.42 Å². The number of β-lactam (4-membered cyclic amide) rings is 1. The number of nitrogens with two attached hydrogens (primary N) is 1. The van der Waals surface area contributed by atoms with Crippen LogP contribution >= 0.6 is 23.1 Å². The molecule has 3 aromatic rings. The molecule has 0 aliphatic carbocycles. The third kappa shape index (κ3) is 5.84. The molecule has 3 N–H and O–H groups in total. The number of hydrogen-bond acceptors (Lipinski definition) is 8. The molecule has 0 unspecified atom stereocenters. The molecule has 5 rings (SSSR count). The quantitative estimate of drug-likeness (QED) is 0.302. The van der Waals surface area contributed by atoms with Crippen LogP contribution in [0.25, 0.3) is 0 Å². The number of benzene rings is 2. The van der Waals surface area contributed by atoms with Gasteiger partial charge in [0.2, 0.25) is 5.91 Å². The van der Waals surface area contributed by atoms with Gasteiger partial charge in [-0.2, -0.15) is 0 Å². The molecule has 0 saturated carbocycles. The van der Waals surface area contributed by atoms with E-state index in [1.165, 1.54) is 28.0 Å². The second-order valence-corrected chi connectivity index (χ2v) is 11.0. The summed E-state index contributed by atoms with van der Waals surface area (Å²) in [7, 11) is 0. The van der Waals surface area contributed by atoms with Gasteiger partial charge >= 0.3 is 12.1 Å². The van der Waals surface area contributed by atoms with Crippen LogP contribution in [0.15, 0.2) is 89.4 Å². The first-order chi connectivity index (χ1) is 18.9. The van der Waals surface area contributed by atoms with Crippen LogP contribution in [0.4, 0.5) is 4.79 Å². The highest BCUT2D eigenvalue weighted by atomic mass is 32.2. The summed E-state index contributed by atoms with van der Waals surface area (Å²) < 4.78 is 11.0. The van der Waals surface area contributed by atoms with Crippen LogP contribution in [0.5, 0.6) is 0 Å². The molecule has 11 heteroatoms. The Bertz CT molecular complexity index is 1360. The van der Waals surface area contributed by atoms with E-state index in [2.05, 4.69) is 5.32 Å². The van der Waals surface area contributed by atoms with Gasteiger partial charge in [0.15, 0.2) is 6.10 Å². The number of rotatable bonds is 9. The smallest absolute Gasteiger partial charge is 0.404 e. The van der Waals surface area contributed by atoms with E-state index >= 15 is 0 Å². The van der Waals surface area contributed by atoms with Gasteiger partial charge in [0.1, 0.15) is 23.7 Å². The Hall–Kier alpha value is -4.09. The van der Waals surface area contributed by atoms with E-state index in [-0.39, 0.29) is 30.4 Å². The number of carbonyl (C=O) groups excluding carboxylic acids is 4. The highest BCUT2D eigenvalue weighted by Crippen LogP contribution is 2.41. The zero-order valence-electron chi connectivity index (χ0n) is 20.6. The second kappa shape index (κ2) is 11.7. The fourth-order valence-electron chi connectivity index (χ4n) is 4.48. The highest BCUT2D eigenvalue weighted by Gasteiger charge is 2.54. The Labute approximate surface area is 233 Å². The minimum atomic E-state index is -0.998. The Morgan fingerprint density at radius 2 is 1.67 bits per heavy atom. The minimum Gasteiger partial charge on any atom is -0.448 e. The molecular formula is C28H25N3O6S2. The number of thioether (sulfide) groups is 1. The molecule has 2 aromatic carbocycles. The van der Waals surface area contributed by atoms with Crippen LogP contribution in [0.1, 0.15) is 22.1 Å². The van der Waals surface area contributed by atoms with Crippen molar-refractivity contribution in [1.82, 2.24) is 10.2 Å². The normalized spacial score (nSPS) is 18.3. The lowest BCUT2D eigenvalue weighted by molar-refractivity contribution is -0.154. The summed E-state index contributed by atoms with van der Waals surface area (Å²) in [6.07, 6.45) is -1.57. The van der Waals surface area contributed by atoms with Crippen molar-refractivity contribution in [1.29, 1.82) is 0 Å². The van der Waals surface area contributed by atoms with Crippen molar-refractivity contribution in [3.8, 4) is 0 Å². The molecule has 200 valence electrons. The molecule has 9 nitrogen and oxygen atoms in total. The molecule has 3 amide bonds. The van der Waals surface area contributed by atoms with Gasteiger partial charge in [-0.25, -0.2) is 9.59 Å². The maximum absolute atomic E-state index is 13.7. The third-order valence-electron chi connectivity index (χ3n) is 6.29. The van der Waals surface area contributed by atoms with Crippen molar-refractivity contribution in [2.45, 2.75) is 23.9 Å². The van der Waals surface area contributed by atoms with Gasteiger partial charge in [-0.3, -0.25) is 14.5 Å². The summed E-state index contributed by atoms with van der Waals surface area (Å²) in [5.74, 6) is -1.17. The Balaban J connectivity index is 1.40. The monoisotopic (exact) mass is 563 g/mol. The van der Waals surface area contributed by atoms with Crippen molar-refractivity contribution in [3.63, 3.8) is 0 Å². The van der Waals surface area contributed by atoms with E-state index in [9.17, 15) is 19.2 Å². The maximum atomic E-state index is 13.7. The molecule has 39 heavy (non-hydrogen) atoms. The maximum Gasteiger partial charge on any atom is 0.404 e. The second-order valence-electron chi connectivity index (χ2n) is 8.88. The van der Waals surface area contributed by atoms with Crippen LogP contribution < -0.4 is 11.1 Å². The zero-order chi connectivity index (χ0) is 27.4. The van der Waals surface area contributed by atoms with E-state index in [1.807, 2.05) is 78.2 Å². The SMILES string of the molecule is NC(=O)OCC1=C(C(=O)OC(c2ccccc2)c2ccccc2)N2C(=O)[C@@H](NC(=O)Cc3cccs3)[C@H]2SC1. The largest absolute Gasteiger partial charge is 0.448 e. The predicted octanol–water partition coefficient (Wildman–Crippen LogP) is 3.37. The average Bonchev–Trinajstić information content (AvgIpc) is 3.46. The number of thiophene rings is 1. The van der Waals surface area contributed by atoms with E-state index < -0.39 is 35.5 Å². The molecule has 1 saturated heterocycles. The molecule has 2 atom stereocenters. The molecule has 0 bridgehead atoms. The molecule has 0 radical (unpaired) electrons. The molecule has 3 heterocycles. The summed E-state index contributed by atoms with van der Waals surface area (Å²) in [6.45, 7) is -0.264. The zero-order valence-corrected chi connectivity index (χ0v) is 22.3. The predicted molar refractivity (Wildman–Crippen MR) is 146 cm³/mol. The lowest BCUT2D eigenvalue weighted by Crippen LogP contribution is -2.70. The number of fused-ring (bicyclic) bond motifs is 1. The number of nitrogens with zero attached hydrogens (tertiary/aromatic N) is 1. The van der Waals surface area contributed by atoms with Gasteiger partial charge < -0.3 is 20.5 Å². The fraction of sp³-hybridized carbons (Fsp3) is 0.214. The molecular weight excluding hydrogens is 538 g/mol. The minimum absolute atomic E-state index is 0.00520. The van der Waals surface area contributed by atoms with Crippen LogP contribution in [-0.2, 0) is 30.3 Å². The number of carbonyl (C=O) groups is 4. The van der Waals surface area contributed by atoms with Crippen molar-refractivity contribution < 1.29 is 28.7 Å². The van der Waals surface area contributed by atoms with E-state index in [0.29, 0.717) is 5.57 Å². The van der Waals surface area contributed by atoms with Gasteiger partial charge in [0, 0.05) is 16.2 Å². The van der Waals surface area contributed by atoms with Gasteiger partial charge in [-0.15, -0.1) is 23.1 Å². The van der Waals surface area contributed by atoms with Crippen molar-refractivity contribution in [2.75, 3.05) is 12.4 Å².